The van der Waals surface area contributed by atoms with Gasteiger partial charge >= 0.3 is 0 Å². The molecule has 0 saturated heterocycles. The highest BCUT2D eigenvalue weighted by Gasteiger charge is 2.07. The first-order chi connectivity index (χ1) is 7.67. The lowest BCUT2D eigenvalue weighted by atomic mass is 10.0. The predicted molar refractivity (Wildman–Crippen MR) is 63.8 cm³/mol. The van der Waals surface area contributed by atoms with E-state index < -0.39 is 0 Å². The number of ether oxygens (including phenoxy) is 1. The minimum absolute atomic E-state index is 0.609. The van der Waals surface area contributed by atoms with E-state index in [1.165, 1.54) is 5.56 Å². The third kappa shape index (κ3) is 4.02. The van der Waals surface area contributed by atoms with Crippen LogP contribution in [0.15, 0.2) is 23.1 Å². The summed E-state index contributed by atoms with van der Waals surface area (Å²) in [6.07, 6.45) is 1.01. The molecule has 4 nitrogen and oxygen atoms in total. The first-order valence-corrected chi connectivity index (χ1v) is 5.78. The summed E-state index contributed by atoms with van der Waals surface area (Å²) in [6, 6.07) is 5.98. The van der Waals surface area contributed by atoms with Crippen LogP contribution in [0.3, 0.4) is 0 Å². The van der Waals surface area contributed by atoms with Crippen LogP contribution in [0.2, 0.25) is 0 Å². The Morgan fingerprint density at radius 2 is 2.12 bits per heavy atom. The van der Waals surface area contributed by atoms with E-state index in [9.17, 15) is 0 Å². The molecule has 0 radical (unpaired) electrons. The van der Waals surface area contributed by atoms with Crippen molar-refractivity contribution in [1.29, 1.82) is 0 Å². The standard InChI is InChI=1S/C11H17NO3S/c1-8(2)6-9-4-5-10(13-3)11(7-9)16-15-14-12/h4-5,7-8H,6,12H2,1-3H3. The molecule has 5 heteroatoms. The van der Waals surface area contributed by atoms with Crippen LogP contribution in [0, 0.1) is 5.92 Å². The fourth-order valence-electron chi connectivity index (χ4n) is 1.44. The quantitative estimate of drug-likeness (QED) is 0.473. The van der Waals surface area contributed by atoms with Crippen LogP contribution >= 0.6 is 12.0 Å². The van der Waals surface area contributed by atoms with E-state index in [0.29, 0.717) is 5.92 Å². The Kier molecular flexibility index (Phi) is 5.62. The van der Waals surface area contributed by atoms with Gasteiger partial charge < -0.3 is 4.74 Å². The van der Waals surface area contributed by atoms with Crippen molar-refractivity contribution < 1.29 is 14.1 Å². The van der Waals surface area contributed by atoms with E-state index in [1.54, 1.807) is 7.11 Å². The molecule has 0 atom stereocenters. The second-order valence-corrected chi connectivity index (χ2v) is 4.57. The van der Waals surface area contributed by atoms with Gasteiger partial charge in [-0.15, -0.1) is 9.32 Å². The molecule has 0 aromatic heterocycles. The van der Waals surface area contributed by atoms with E-state index >= 15 is 0 Å². The highest BCUT2D eigenvalue weighted by molar-refractivity contribution is 7.94. The summed E-state index contributed by atoms with van der Waals surface area (Å²) in [4.78, 5) is 4.93. The van der Waals surface area contributed by atoms with Crippen molar-refractivity contribution in [3.05, 3.63) is 23.8 Å². The number of methoxy groups -OCH3 is 1. The summed E-state index contributed by atoms with van der Waals surface area (Å²) < 4.78 is 9.84. The number of benzene rings is 1. The number of hydrogen-bond donors (Lipinski definition) is 1. The molecule has 0 saturated carbocycles. The second kappa shape index (κ2) is 6.75. The Balaban J connectivity index is 2.83. The van der Waals surface area contributed by atoms with Gasteiger partial charge in [-0.05, 0) is 30.0 Å². The Morgan fingerprint density at radius 1 is 1.38 bits per heavy atom. The Hall–Kier alpha value is -0.750. The average molecular weight is 243 g/mol. The van der Waals surface area contributed by atoms with Crippen LogP contribution in [0.4, 0.5) is 0 Å². The first kappa shape index (κ1) is 13.3. The van der Waals surface area contributed by atoms with Crippen LogP contribution < -0.4 is 10.6 Å². The van der Waals surface area contributed by atoms with Gasteiger partial charge in [-0.25, -0.2) is 0 Å². The highest BCUT2D eigenvalue weighted by Crippen LogP contribution is 2.31. The van der Waals surface area contributed by atoms with Crippen LogP contribution in [-0.2, 0) is 15.7 Å². The van der Waals surface area contributed by atoms with Crippen LogP contribution in [0.5, 0.6) is 5.75 Å². The average Bonchev–Trinajstić information content (AvgIpc) is 2.25. The zero-order chi connectivity index (χ0) is 12.0. The number of rotatable bonds is 6. The summed E-state index contributed by atoms with van der Waals surface area (Å²) in [7, 11) is 1.62. The maximum absolute atomic E-state index is 5.21. The minimum Gasteiger partial charge on any atom is -0.495 e. The van der Waals surface area contributed by atoms with Crippen molar-refractivity contribution >= 4 is 12.0 Å². The molecule has 16 heavy (non-hydrogen) atoms. The highest BCUT2D eigenvalue weighted by atomic mass is 32.2. The van der Waals surface area contributed by atoms with Crippen LogP contribution in [0.1, 0.15) is 19.4 Å². The lowest BCUT2D eigenvalue weighted by molar-refractivity contribution is -0.195. The van der Waals surface area contributed by atoms with Gasteiger partial charge in [0.15, 0.2) is 0 Å². The van der Waals surface area contributed by atoms with Crippen LogP contribution in [0.25, 0.3) is 0 Å². The lowest BCUT2D eigenvalue weighted by Gasteiger charge is -2.10. The lowest BCUT2D eigenvalue weighted by Crippen LogP contribution is -1.97. The normalized spacial score (nSPS) is 10.8. The van der Waals surface area contributed by atoms with Gasteiger partial charge in [-0.3, -0.25) is 0 Å². The molecule has 0 bridgehead atoms. The molecule has 0 fully saturated rings. The molecular formula is C11H17NO3S. The van der Waals surface area contributed by atoms with E-state index in [2.05, 4.69) is 23.2 Å². The van der Waals surface area contributed by atoms with Gasteiger partial charge in [0.1, 0.15) is 5.75 Å². The maximum atomic E-state index is 5.21. The summed E-state index contributed by atoms with van der Waals surface area (Å²) in [5.41, 5.74) is 1.24. The van der Waals surface area contributed by atoms with E-state index in [0.717, 1.165) is 29.1 Å². The first-order valence-electron chi connectivity index (χ1n) is 5.04. The van der Waals surface area contributed by atoms with Crippen molar-refractivity contribution in [3.63, 3.8) is 0 Å². The summed E-state index contributed by atoms with van der Waals surface area (Å²) in [5, 5.41) is 0. The minimum atomic E-state index is 0.609. The molecule has 0 aliphatic carbocycles. The van der Waals surface area contributed by atoms with Gasteiger partial charge in [0, 0.05) is 0 Å². The van der Waals surface area contributed by atoms with Gasteiger partial charge in [0.2, 0.25) is 0 Å². The topological polar surface area (TPSA) is 53.7 Å². The molecule has 1 aromatic carbocycles. The fourth-order valence-corrected chi connectivity index (χ4v) is 1.99. The molecule has 0 heterocycles. The Labute approximate surface area is 100 Å². The van der Waals surface area contributed by atoms with Crippen molar-refractivity contribution in [1.82, 2.24) is 0 Å². The third-order valence-corrected chi connectivity index (χ3v) is 2.68. The smallest absolute Gasteiger partial charge is 0.134 e. The maximum Gasteiger partial charge on any atom is 0.134 e. The molecule has 0 aliphatic heterocycles. The summed E-state index contributed by atoms with van der Waals surface area (Å²) >= 11 is 1.04. The Bertz CT molecular complexity index is 331. The Morgan fingerprint density at radius 3 is 2.69 bits per heavy atom. The van der Waals surface area contributed by atoms with E-state index in [1.807, 2.05) is 18.2 Å². The molecule has 1 aromatic rings. The van der Waals surface area contributed by atoms with Crippen molar-refractivity contribution in [2.75, 3.05) is 7.11 Å². The molecule has 0 spiro atoms. The molecular weight excluding hydrogens is 226 g/mol. The van der Waals surface area contributed by atoms with Crippen molar-refractivity contribution in [2.24, 2.45) is 11.8 Å². The summed E-state index contributed by atoms with van der Waals surface area (Å²) in [5.74, 6) is 6.16. The predicted octanol–water partition coefficient (Wildman–Crippen LogP) is 2.72. The van der Waals surface area contributed by atoms with Gasteiger partial charge in [-0.2, -0.15) is 5.90 Å². The molecule has 0 unspecified atom stereocenters. The molecule has 0 amide bonds. The molecule has 90 valence electrons. The molecule has 0 aliphatic rings. The van der Waals surface area contributed by atoms with Gasteiger partial charge in [0.25, 0.3) is 0 Å². The zero-order valence-corrected chi connectivity index (χ0v) is 10.5. The van der Waals surface area contributed by atoms with Crippen LogP contribution in [-0.4, -0.2) is 7.11 Å². The fraction of sp³-hybridized carbons (Fsp3) is 0.455. The second-order valence-electron chi connectivity index (χ2n) is 3.83. The summed E-state index contributed by atoms with van der Waals surface area (Å²) in [6.45, 7) is 4.35. The van der Waals surface area contributed by atoms with Gasteiger partial charge in [-0.1, -0.05) is 19.9 Å². The van der Waals surface area contributed by atoms with E-state index in [-0.39, 0.29) is 0 Å². The third-order valence-electron chi connectivity index (χ3n) is 2.04. The number of nitrogens with two attached hydrogens (primary N) is 1. The van der Waals surface area contributed by atoms with Crippen molar-refractivity contribution in [3.8, 4) is 5.75 Å². The van der Waals surface area contributed by atoms with Crippen molar-refractivity contribution in [2.45, 2.75) is 25.2 Å². The monoisotopic (exact) mass is 243 g/mol. The zero-order valence-electron chi connectivity index (χ0n) is 9.73. The molecule has 1 rings (SSSR count). The van der Waals surface area contributed by atoms with Gasteiger partial charge in [0.05, 0.1) is 24.0 Å². The van der Waals surface area contributed by atoms with E-state index in [4.69, 9.17) is 10.6 Å². The SMILES string of the molecule is COc1ccc(CC(C)C)cc1SOON. The molecule has 2 N–H and O–H groups in total. The number of hydrogen-bond acceptors (Lipinski definition) is 5. The largest absolute Gasteiger partial charge is 0.495 e.